The first-order valence-corrected chi connectivity index (χ1v) is 7.25. The Balaban J connectivity index is 2.21. The van der Waals surface area contributed by atoms with E-state index in [1.54, 1.807) is 12.1 Å². The molecule has 94 valence electrons. The second-order valence-electron chi connectivity index (χ2n) is 4.20. The molecule has 0 N–H and O–H groups in total. The molecule has 0 saturated carbocycles. The van der Waals surface area contributed by atoms with Gasteiger partial charge >= 0.3 is 0 Å². The highest BCUT2D eigenvalue weighted by Gasteiger charge is 2.13. The molecule has 2 rings (SSSR count). The smallest absolute Gasteiger partial charge is 0.127 e. The maximum Gasteiger partial charge on any atom is 0.127 e. The summed E-state index contributed by atoms with van der Waals surface area (Å²) in [5, 5.41) is 1.24. The van der Waals surface area contributed by atoms with E-state index < -0.39 is 0 Å². The molecule has 3 heteroatoms. The summed E-state index contributed by atoms with van der Waals surface area (Å²) >= 11 is 9.26. The first-order valence-electron chi connectivity index (χ1n) is 5.75. The van der Waals surface area contributed by atoms with Gasteiger partial charge < -0.3 is 0 Å². The summed E-state index contributed by atoms with van der Waals surface area (Å²) in [5.41, 5.74) is 1.91. The number of rotatable bonds is 4. The summed E-state index contributed by atoms with van der Waals surface area (Å²) in [5.74, 6) is 0.0336. The van der Waals surface area contributed by atoms with Crippen LogP contribution in [-0.4, -0.2) is 5.33 Å². The van der Waals surface area contributed by atoms with Crippen molar-refractivity contribution in [3.05, 3.63) is 70.5 Å². The molecule has 2 aromatic carbocycles. The molecule has 1 atom stereocenters. The summed E-state index contributed by atoms with van der Waals surface area (Å²) in [6, 6.07) is 15.0. The average Bonchev–Trinajstić information content (AvgIpc) is 2.39. The lowest BCUT2D eigenvalue weighted by atomic mass is 9.93. The zero-order valence-electron chi connectivity index (χ0n) is 9.74. The highest BCUT2D eigenvalue weighted by Crippen LogP contribution is 2.25. The van der Waals surface area contributed by atoms with Gasteiger partial charge in [0.05, 0.1) is 0 Å². The zero-order valence-corrected chi connectivity index (χ0v) is 12.1. The number of hydrogen-bond donors (Lipinski definition) is 0. The Labute approximate surface area is 120 Å². The minimum Gasteiger partial charge on any atom is -0.207 e. The van der Waals surface area contributed by atoms with E-state index in [2.05, 4.69) is 28.1 Å². The lowest BCUT2D eigenvalue weighted by Gasteiger charge is -2.15. The Bertz CT molecular complexity index is 513. The van der Waals surface area contributed by atoms with Crippen LogP contribution >= 0.6 is 27.5 Å². The minimum absolute atomic E-state index is 0.232. The Kier molecular flexibility index (Phi) is 4.79. The van der Waals surface area contributed by atoms with Crippen LogP contribution in [0.25, 0.3) is 0 Å². The first-order chi connectivity index (χ1) is 8.70. The summed E-state index contributed by atoms with van der Waals surface area (Å²) in [7, 11) is 0. The largest absolute Gasteiger partial charge is 0.207 e. The lowest BCUT2D eigenvalue weighted by molar-refractivity contribution is 0.599. The highest BCUT2D eigenvalue weighted by atomic mass is 79.9. The number of benzene rings is 2. The Morgan fingerprint density at radius 1 is 1.11 bits per heavy atom. The summed E-state index contributed by atoms with van der Waals surface area (Å²) in [6.45, 7) is 0. The van der Waals surface area contributed by atoms with E-state index in [9.17, 15) is 4.39 Å². The fourth-order valence-electron chi connectivity index (χ4n) is 1.94. The van der Waals surface area contributed by atoms with Crippen molar-refractivity contribution in [2.45, 2.75) is 12.3 Å². The van der Waals surface area contributed by atoms with Crippen LogP contribution < -0.4 is 0 Å². The molecule has 0 saturated heterocycles. The van der Waals surface area contributed by atoms with E-state index in [-0.39, 0.29) is 11.7 Å². The summed E-state index contributed by atoms with van der Waals surface area (Å²) in [4.78, 5) is 0. The molecule has 2 aromatic rings. The van der Waals surface area contributed by atoms with Crippen molar-refractivity contribution in [3.8, 4) is 0 Å². The molecule has 0 aliphatic rings. The van der Waals surface area contributed by atoms with Crippen LogP contribution in [0.4, 0.5) is 4.39 Å². The van der Waals surface area contributed by atoms with Crippen molar-refractivity contribution >= 4 is 27.5 Å². The number of alkyl halides is 1. The maximum absolute atomic E-state index is 13.8. The SMILES string of the molecule is Fc1cc(Cl)ccc1CC(CBr)c1ccccc1. The zero-order chi connectivity index (χ0) is 13.0. The van der Waals surface area contributed by atoms with Crippen LogP contribution in [0.3, 0.4) is 0 Å². The van der Waals surface area contributed by atoms with Crippen molar-refractivity contribution < 1.29 is 4.39 Å². The molecule has 0 aliphatic carbocycles. The van der Waals surface area contributed by atoms with Gasteiger partial charge in [-0.1, -0.05) is 63.9 Å². The molecule has 0 amide bonds. The van der Waals surface area contributed by atoms with E-state index in [1.807, 2.05) is 18.2 Å². The molecule has 0 spiro atoms. The third kappa shape index (κ3) is 3.33. The van der Waals surface area contributed by atoms with Crippen LogP contribution in [0.1, 0.15) is 17.0 Å². The van der Waals surface area contributed by atoms with E-state index in [0.29, 0.717) is 17.0 Å². The van der Waals surface area contributed by atoms with E-state index in [1.165, 1.54) is 11.6 Å². The predicted octanol–water partition coefficient (Wildman–Crippen LogP) is 5.20. The normalized spacial score (nSPS) is 12.4. The van der Waals surface area contributed by atoms with Crippen molar-refractivity contribution in [3.63, 3.8) is 0 Å². The lowest BCUT2D eigenvalue weighted by Crippen LogP contribution is -2.05. The van der Waals surface area contributed by atoms with E-state index >= 15 is 0 Å². The number of hydrogen-bond acceptors (Lipinski definition) is 0. The second-order valence-corrected chi connectivity index (χ2v) is 5.29. The van der Waals surface area contributed by atoms with Crippen molar-refractivity contribution in [2.24, 2.45) is 0 Å². The maximum atomic E-state index is 13.8. The predicted molar refractivity (Wildman–Crippen MR) is 78.1 cm³/mol. The van der Waals surface area contributed by atoms with E-state index in [4.69, 9.17) is 11.6 Å². The third-order valence-electron chi connectivity index (χ3n) is 2.94. The van der Waals surface area contributed by atoms with Crippen LogP contribution in [-0.2, 0) is 6.42 Å². The van der Waals surface area contributed by atoms with Crippen LogP contribution in [0, 0.1) is 5.82 Å². The van der Waals surface area contributed by atoms with Crippen molar-refractivity contribution in [2.75, 3.05) is 5.33 Å². The quantitative estimate of drug-likeness (QED) is 0.677. The molecule has 0 nitrogen and oxygen atoms in total. The van der Waals surface area contributed by atoms with Gasteiger partial charge in [-0.25, -0.2) is 4.39 Å². The molecule has 18 heavy (non-hydrogen) atoms. The molecule has 0 aliphatic heterocycles. The third-order valence-corrected chi connectivity index (χ3v) is 3.96. The van der Waals surface area contributed by atoms with Gasteiger partial charge in [-0.3, -0.25) is 0 Å². The van der Waals surface area contributed by atoms with Gasteiger partial charge in [0.1, 0.15) is 5.82 Å². The molecule has 0 fully saturated rings. The summed E-state index contributed by atoms with van der Waals surface area (Å²) < 4.78 is 13.8. The molecule has 0 bridgehead atoms. The topological polar surface area (TPSA) is 0 Å². The van der Waals surface area contributed by atoms with Gasteiger partial charge in [-0.05, 0) is 35.6 Å². The monoisotopic (exact) mass is 326 g/mol. The molecular formula is C15H13BrClF. The first kappa shape index (κ1) is 13.6. The fraction of sp³-hybridized carbons (Fsp3) is 0.200. The highest BCUT2D eigenvalue weighted by molar-refractivity contribution is 9.09. The Morgan fingerprint density at radius 2 is 1.83 bits per heavy atom. The van der Waals surface area contributed by atoms with Gasteiger partial charge in [0, 0.05) is 10.4 Å². The Hall–Kier alpha value is -0.860. The van der Waals surface area contributed by atoms with Crippen molar-refractivity contribution in [1.82, 2.24) is 0 Å². The second kappa shape index (κ2) is 6.35. The van der Waals surface area contributed by atoms with Gasteiger partial charge in [0.2, 0.25) is 0 Å². The minimum atomic E-state index is -0.232. The Morgan fingerprint density at radius 3 is 2.44 bits per heavy atom. The van der Waals surface area contributed by atoms with Gasteiger partial charge in [-0.15, -0.1) is 0 Å². The summed E-state index contributed by atoms with van der Waals surface area (Å²) in [6.07, 6.45) is 0.665. The average molecular weight is 328 g/mol. The molecule has 1 unspecified atom stereocenters. The van der Waals surface area contributed by atoms with Crippen LogP contribution in [0.5, 0.6) is 0 Å². The van der Waals surface area contributed by atoms with Crippen molar-refractivity contribution in [1.29, 1.82) is 0 Å². The van der Waals surface area contributed by atoms with Gasteiger partial charge in [0.25, 0.3) is 0 Å². The standard InChI is InChI=1S/C15H13BrClF/c16-10-13(11-4-2-1-3-5-11)8-12-6-7-14(17)9-15(12)18/h1-7,9,13H,8,10H2. The molecular weight excluding hydrogens is 315 g/mol. The van der Waals surface area contributed by atoms with Gasteiger partial charge in [0.15, 0.2) is 0 Å². The number of halogens is 3. The van der Waals surface area contributed by atoms with E-state index in [0.717, 1.165) is 5.33 Å². The molecule has 0 aromatic heterocycles. The van der Waals surface area contributed by atoms with Crippen LogP contribution in [0.15, 0.2) is 48.5 Å². The van der Waals surface area contributed by atoms with Crippen LogP contribution in [0.2, 0.25) is 5.02 Å². The van der Waals surface area contributed by atoms with Gasteiger partial charge in [-0.2, -0.15) is 0 Å². The molecule has 0 heterocycles. The fourth-order valence-corrected chi connectivity index (χ4v) is 2.70. The molecule has 0 radical (unpaired) electrons.